The summed E-state index contributed by atoms with van der Waals surface area (Å²) in [4.78, 5) is 2.67. The molecule has 2 rings (SSSR count). The van der Waals surface area contributed by atoms with E-state index in [1.807, 2.05) is 0 Å². The molecule has 0 aromatic heterocycles. The molecular weight excluding hydrogens is 172 g/mol. The Morgan fingerprint density at radius 2 is 2.00 bits per heavy atom. The molecule has 1 saturated carbocycles. The molecule has 82 valence electrons. The Morgan fingerprint density at radius 1 is 1.21 bits per heavy atom. The first-order chi connectivity index (χ1) is 6.81. The molecule has 2 atom stereocenters. The predicted octanol–water partition coefficient (Wildman–Crippen LogP) is 1.99. The average molecular weight is 196 g/mol. The van der Waals surface area contributed by atoms with Gasteiger partial charge in [0.05, 0.1) is 0 Å². The molecule has 0 spiro atoms. The number of nitrogens with zero attached hydrogens (tertiary/aromatic N) is 1. The lowest BCUT2D eigenvalue weighted by Crippen LogP contribution is -2.49. The van der Waals surface area contributed by atoms with Gasteiger partial charge in [0.1, 0.15) is 0 Å². The zero-order valence-electron chi connectivity index (χ0n) is 9.41. The summed E-state index contributed by atoms with van der Waals surface area (Å²) in [5, 5.41) is 0. The van der Waals surface area contributed by atoms with Crippen LogP contribution in [0.1, 0.15) is 45.4 Å². The van der Waals surface area contributed by atoms with Crippen LogP contribution in [0.2, 0.25) is 0 Å². The average Bonchev–Trinajstić information content (AvgIpc) is 2.99. The number of piperidine rings is 1. The van der Waals surface area contributed by atoms with Crippen molar-refractivity contribution in [3.63, 3.8) is 0 Å². The smallest absolute Gasteiger partial charge is 0.0221 e. The van der Waals surface area contributed by atoms with E-state index < -0.39 is 0 Å². The Morgan fingerprint density at radius 3 is 2.64 bits per heavy atom. The molecule has 1 aliphatic carbocycles. The summed E-state index contributed by atoms with van der Waals surface area (Å²) in [5.41, 5.74) is 5.84. The third-order valence-electron chi connectivity index (χ3n) is 3.96. The van der Waals surface area contributed by atoms with Crippen LogP contribution in [0.3, 0.4) is 0 Å². The molecular formula is C12H24N2. The fraction of sp³-hybridized carbons (Fsp3) is 1.00. The molecule has 1 heterocycles. The van der Waals surface area contributed by atoms with Crippen LogP contribution in [0.4, 0.5) is 0 Å². The van der Waals surface area contributed by atoms with Crippen LogP contribution in [0.5, 0.6) is 0 Å². The number of nitrogens with two attached hydrogens (primary N) is 1. The molecule has 2 fully saturated rings. The Kier molecular flexibility index (Phi) is 3.45. The molecule has 0 bridgehead atoms. The molecule has 14 heavy (non-hydrogen) atoms. The van der Waals surface area contributed by atoms with Crippen LogP contribution >= 0.6 is 0 Å². The lowest BCUT2D eigenvalue weighted by molar-refractivity contribution is 0.0942. The SMILES string of the molecule is CC1CCCC(CN)N1CCC1CC1. The molecule has 2 unspecified atom stereocenters. The predicted molar refractivity (Wildman–Crippen MR) is 60.2 cm³/mol. The normalized spacial score (nSPS) is 34.7. The van der Waals surface area contributed by atoms with E-state index in [2.05, 4.69) is 11.8 Å². The minimum absolute atomic E-state index is 0.678. The van der Waals surface area contributed by atoms with Gasteiger partial charge in [-0.15, -0.1) is 0 Å². The summed E-state index contributed by atoms with van der Waals surface area (Å²) in [5.74, 6) is 1.06. The van der Waals surface area contributed by atoms with Crippen molar-refractivity contribution in [1.29, 1.82) is 0 Å². The van der Waals surface area contributed by atoms with E-state index in [0.29, 0.717) is 6.04 Å². The van der Waals surface area contributed by atoms with Crippen LogP contribution in [-0.4, -0.2) is 30.1 Å². The monoisotopic (exact) mass is 196 g/mol. The van der Waals surface area contributed by atoms with Gasteiger partial charge < -0.3 is 5.73 Å². The van der Waals surface area contributed by atoms with E-state index in [0.717, 1.165) is 18.5 Å². The summed E-state index contributed by atoms with van der Waals surface area (Å²) in [6, 6.07) is 1.45. The molecule has 2 heteroatoms. The maximum atomic E-state index is 5.84. The molecule has 1 aliphatic heterocycles. The van der Waals surface area contributed by atoms with Gasteiger partial charge in [-0.1, -0.05) is 19.3 Å². The summed E-state index contributed by atoms with van der Waals surface area (Å²) in [6.45, 7) is 4.53. The second-order valence-corrected chi connectivity index (χ2v) is 5.14. The molecule has 1 saturated heterocycles. The van der Waals surface area contributed by atoms with E-state index >= 15 is 0 Å². The van der Waals surface area contributed by atoms with Crippen LogP contribution < -0.4 is 5.73 Å². The van der Waals surface area contributed by atoms with Gasteiger partial charge in [-0.2, -0.15) is 0 Å². The zero-order valence-corrected chi connectivity index (χ0v) is 9.41. The first-order valence-corrected chi connectivity index (χ1v) is 6.27. The van der Waals surface area contributed by atoms with E-state index in [4.69, 9.17) is 5.73 Å². The topological polar surface area (TPSA) is 29.3 Å². The van der Waals surface area contributed by atoms with Gasteiger partial charge in [0.15, 0.2) is 0 Å². The Bertz CT molecular complexity index is 177. The second-order valence-electron chi connectivity index (χ2n) is 5.14. The number of rotatable bonds is 4. The van der Waals surface area contributed by atoms with Crippen molar-refractivity contribution in [3.8, 4) is 0 Å². The van der Waals surface area contributed by atoms with Gasteiger partial charge in [0.2, 0.25) is 0 Å². The fourth-order valence-corrected chi connectivity index (χ4v) is 2.73. The van der Waals surface area contributed by atoms with Crippen molar-refractivity contribution in [3.05, 3.63) is 0 Å². The molecule has 2 nitrogen and oxygen atoms in total. The van der Waals surface area contributed by atoms with Crippen molar-refractivity contribution in [1.82, 2.24) is 4.90 Å². The molecule has 2 N–H and O–H groups in total. The lowest BCUT2D eigenvalue weighted by Gasteiger charge is -2.40. The maximum Gasteiger partial charge on any atom is 0.0221 e. The molecule has 0 radical (unpaired) electrons. The van der Waals surface area contributed by atoms with E-state index in [1.54, 1.807) is 0 Å². The zero-order chi connectivity index (χ0) is 9.97. The van der Waals surface area contributed by atoms with Crippen LogP contribution in [0.15, 0.2) is 0 Å². The molecule has 2 aliphatic rings. The second kappa shape index (κ2) is 4.63. The Hall–Kier alpha value is -0.0800. The van der Waals surface area contributed by atoms with E-state index in [9.17, 15) is 0 Å². The fourth-order valence-electron chi connectivity index (χ4n) is 2.73. The van der Waals surface area contributed by atoms with Gasteiger partial charge >= 0.3 is 0 Å². The van der Waals surface area contributed by atoms with Crippen molar-refractivity contribution < 1.29 is 0 Å². The third kappa shape index (κ3) is 2.48. The largest absolute Gasteiger partial charge is 0.329 e. The van der Waals surface area contributed by atoms with E-state index in [1.165, 1.54) is 45.1 Å². The lowest BCUT2D eigenvalue weighted by atomic mass is 9.96. The number of likely N-dealkylation sites (tertiary alicyclic amines) is 1. The highest BCUT2D eigenvalue weighted by molar-refractivity contribution is 4.84. The first kappa shape index (κ1) is 10.4. The minimum Gasteiger partial charge on any atom is -0.329 e. The highest BCUT2D eigenvalue weighted by Gasteiger charge is 2.29. The Balaban J connectivity index is 1.82. The summed E-state index contributed by atoms with van der Waals surface area (Å²) >= 11 is 0. The molecule has 0 aromatic rings. The van der Waals surface area contributed by atoms with E-state index in [-0.39, 0.29) is 0 Å². The third-order valence-corrected chi connectivity index (χ3v) is 3.96. The van der Waals surface area contributed by atoms with Gasteiger partial charge in [0.25, 0.3) is 0 Å². The summed E-state index contributed by atoms with van der Waals surface area (Å²) < 4.78 is 0. The number of hydrogen-bond acceptors (Lipinski definition) is 2. The summed E-state index contributed by atoms with van der Waals surface area (Å²) in [6.07, 6.45) is 8.46. The quantitative estimate of drug-likeness (QED) is 0.745. The number of hydrogen-bond donors (Lipinski definition) is 1. The van der Waals surface area contributed by atoms with Gasteiger partial charge in [-0.3, -0.25) is 4.90 Å². The molecule has 0 amide bonds. The first-order valence-electron chi connectivity index (χ1n) is 6.27. The van der Waals surface area contributed by atoms with Crippen molar-refractivity contribution in [2.75, 3.05) is 13.1 Å². The van der Waals surface area contributed by atoms with Crippen molar-refractivity contribution in [2.24, 2.45) is 11.7 Å². The highest BCUT2D eigenvalue weighted by Crippen LogP contribution is 2.33. The van der Waals surface area contributed by atoms with Crippen LogP contribution in [0, 0.1) is 5.92 Å². The standard InChI is InChI=1S/C12H24N2/c1-10-3-2-4-12(9-13)14(10)8-7-11-5-6-11/h10-12H,2-9,13H2,1H3. The Labute approximate surface area is 87.8 Å². The van der Waals surface area contributed by atoms with Crippen LogP contribution in [0.25, 0.3) is 0 Å². The highest BCUT2D eigenvalue weighted by atomic mass is 15.2. The van der Waals surface area contributed by atoms with Gasteiger partial charge in [-0.25, -0.2) is 0 Å². The van der Waals surface area contributed by atoms with Crippen LogP contribution in [-0.2, 0) is 0 Å². The van der Waals surface area contributed by atoms with Gasteiger partial charge in [0, 0.05) is 18.6 Å². The van der Waals surface area contributed by atoms with Crippen molar-refractivity contribution >= 4 is 0 Å². The minimum atomic E-state index is 0.678. The van der Waals surface area contributed by atoms with Crippen molar-refractivity contribution in [2.45, 2.75) is 57.5 Å². The summed E-state index contributed by atoms with van der Waals surface area (Å²) in [7, 11) is 0. The molecule has 0 aromatic carbocycles. The maximum absolute atomic E-state index is 5.84. The van der Waals surface area contributed by atoms with Gasteiger partial charge in [-0.05, 0) is 38.6 Å².